The summed E-state index contributed by atoms with van der Waals surface area (Å²) in [5.41, 5.74) is 2.05. The zero-order chi connectivity index (χ0) is 21.2. The van der Waals surface area contributed by atoms with Gasteiger partial charge in [0.25, 0.3) is 0 Å². The van der Waals surface area contributed by atoms with Crippen LogP contribution >= 0.6 is 0 Å². The molecular weight excluding hydrogens is 397 g/mol. The third-order valence-corrected chi connectivity index (χ3v) is 5.27. The normalized spacial score (nSPS) is 16.7. The molecule has 1 saturated heterocycles. The summed E-state index contributed by atoms with van der Waals surface area (Å²) < 4.78 is 38.8. The maximum Gasteiger partial charge on any atom is 0.229 e. The molecule has 0 spiro atoms. The van der Waals surface area contributed by atoms with Crippen LogP contribution in [0.25, 0.3) is 0 Å². The zero-order valence-corrected chi connectivity index (χ0v) is 16.9. The van der Waals surface area contributed by atoms with Crippen molar-refractivity contribution < 1.29 is 22.4 Å². The van der Waals surface area contributed by atoms with Crippen LogP contribution in [0.3, 0.4) is 0 Å². The molecule has 7 nitrogen and oxygen atoms in total. The Bertz CT molecular complexity index is 1060. The molecular formula is C20H22FN3O4S. The van der Waals surface area contributed by atoms with Crippen molar-refractivity contribution in [1.82, 2.24) is 5.32 Å². The fourth-order valence-electron chi connectivity index (χ4n) is 3.17. The van der Waals surface area contributed by atoms with E-state index in [0.717, 1.165) is 6.26 Å². The Morgan fingerprint density at radius 3 is 2.69 bits per heavy atom. The predicted molar refractivity (Wildman–Crippen MR) is 108 cm³/mol. The summed E-state index contributed by atoms with van der Waals surface area (Å²) in [6.45, 7) is 2.02. The van der Waals surface area contributed by atoms with Crippen LogP contribution in [0.1, 0.15) is 17.5 Å². The Balaban J connectivity index is 1.61. The summed E-state index contributed by atoms with van der Waals surface area (Å²) in [5, 5.41) is 2.77. The molecule has 2 N–H and O–H groups in total. The second-order valence-corrected chi connectivity index (χ2v) is 8.88. The average Bonchev–Trinajstić information content (AvgIpc) is 3.03. The lowest BCUT2D eigenvalue weighted by Gasteiger charge is -2.17. The molecule has 1 fully saturated rings. The van der Waals surface area contributed by atoms with E-state index in [9.17, 15) is 22.4 Å². The lowest BCUT2D eigenvalue weighted by atomic mass is 10.1. The molecule has 0 aromatic heterocycles. The summed E-state index contributed by atoms with van der Waals surface area (Å²) in [7, 11) is -3.39. The van der Waals surface area contributed by atoms with Gasteiger partial charge in [-0.3, -0.25) is 14.3 Å². The molecule has 2 aromatic rings. The maximum atomic E-state index is 13.8. The predicted octanol–water partition coefficient (Wildman–Crippen LogP) is 2.17. The van der Waals surface area contributed by atoms with Gasteiger partial charge in [0.15, 0.2) is 0 Å². The van der Waals surface area contributed by atoms with Gasteiger partial charge in [0, 0.05) is 30.9 Å². The van der Waals surface area contributed by atoms with Crippen molar-refractivity contribution in [3.05, 3.63) is 59.4 Å². The van der Waals surface area contributed by atoms with Gasteiger partial charge in [0.1, 0.15) is 5.82 Å². The lowest BCUT2D eigenvalue weighted by molar-refractivity contribution is -0.126. The minimum absolute atomic E-state index is 0.0526. The number of rotatable bonds is 6. The van der Waals surface area contributed by atoms with Crippen LogP contribution in [0, 0.1) is 18.7 Å². The summed E-state index contributed by atoms with van der Waals surface area (Å²) >= 11 is 0. The van der Waals surface area contributed by atoms with Gasteiger partial charge in [-0.05, 0) is 42.3 Å². The van der Waals surface area contributed by atoms with E-state index in [0.29, 0.717) is 22.5 Å². The minimum Gasteiger partial charge on any atom is -0.352 e. The molecule has 0 radical (unpaired) electrons. The second-order valence-electron chi connectivity index (χ2n) is 7.13. The number of aryl methyl sites for hydroxylation is 1. The SMILES string of the molecule is Cc1ccc(N2C[C@@H](C(=O)NCc3cccc(NS(C)(=O)=O)c3)CC2=O)cc1F. The Morgan fingerprint density at radius 2 is 2.00 bits per heavy atom. The van der Waals surface area contributed by atoms with Gasteiger partial charge in [-0.1, -0.05) is 18.2 Å². The monoisotopic (exact) mass is 419 g/mol. The molecule has 2 aromatic carbocycles. The lowest BCUT2D eigenvalue weighted by Crippen LogP contribution is -2.32. The molecule has 29 heavy (non-hydrogen) atoms. The molecule has 0 bridgehead atoms. The van der Waals surface area contributed by atoms with Gasteiger partial charge in [-0.2, -0.15) is 0 Å². The number of sulfonamides is 1. The van der Waals surface area contributed by atoms with Crippen molar-refractivity contribution in [2.75, 3.05) is 22.4 Å². The number of carbonyl (C=O) groups excluding carboxylic acids is 2. The van der Waals surface area contributed by atoms with Gasteiger partial charge in [0.05, 0.1) is 12.2 Å². The van der Waals surface area contributed by atoms with Crippen molar-refractivity contribution in [2.24, 2.45) is 5.92 Å². The van der Waals surface area contributed by atoms with Crippen LogP contribution < -0.4 is 14.9 Å². The van der Waals surface area contributed by atoms with E-state index in [1.165, 1.54) is 11.0 Å². The number of nitrogens with zero attached hydrogens (tertiary/aromatic N) is 1. The molecule has 0 saturated carbocycles. The van der Waals surface area contributed by atoms with Gasteiger partial charge in [-0.25, -0.2) is 12.8 Å². The van der Waals surface area contributed by atoms with Crippen LogP contribution in [0.2, 0.25) is 0 Å². The Labute approximate surface area is 169 Å². The van der Waals surface area contributed by atoms with Crippen LogP contribution in [0.5, 0.6) is 0 Å². The van der Waals surface area contributed by atoms with E-state index >= 15 is 0 Å². The maximum absolute atomic E-state index is 13.8. The highest BCUT2D eigenvalue weighted by Gasteiger charge is 2.35. The van der Waals surface area contributed by atoms with Gasteiger partial charge in [-0.15, -0.1) is 0 Å². The number of hydrogen-bond donors (Lipinski definition) is 2. The van der Waals surface area contributed by atoms with Crippen LogP contribution in [0.15, 0.2) is 42.5 Å². The molecule has 1 heterocycles. The largest absolute Gasteiger partial charge is 0.352 e. The first-order valence-corrected chi connectivity index (χ1v) is 10.9. The third kappa shape index (κ3) is 5.32. The Morgan fingerprint density at radius 1 is 1.24 bits per heavy atom. The quantitative estimate of drug-likeness (QED) is 0.750. The number of anilines is 2. The van der Waals surface area contributed by atoms with E-state index in [4.69, 9.17) is 0 Å². The average molecular weight is 419 g/mol. The van der Waals surface area contributed by atoms with Crippen molar-refractivity contribution in [3.8, 4) is 0 Å². The van der Waals surface area contributed by atoms with Crippen LogP contribution in [0.4, 0.5) is 15.8 Å². The molecule has 0 unspecified atom stereocenters. The second kappa shape index (κ2) is 8.20. The first-order valence-electron chi connectivity index (χ1n) is 9.03. The van der Waals surface area contributed by atoms with Crippen LogP contribution in [-0.2, 0) is 26.2 Å². The highest BCUT2D eigenvalue weighted by Crippen LogP contribution is 2.26. The number of carbonyl (C=O) groups is 2. The third-order valence-electron chi connectivity index (χ3n) is 4.66. The van der Waals surface area contributed by atoms with Crippen LogP contribution in [-0.4, -0.2) is 33.0 Å². The van der Waals surface area contributed by atoms with E-state index in [-0.39, 0.29) is 31.3 Å². The molecule has 1 aliphatic heterocycles. The number of nitrogens with one attached hydrogen (secondary N) is 2. The smallest absolute Gasteiger partial charge is 0.229 e. The Hall–Kier alpha value is -2.94. The summed E-state index contributed by atoms with van der Waals surface area (Å²) in [6, 6.07) is 11.2. The molecule has 9 heteroatoms. The molecule has 0 aliphatic carbocycles. The fraction of sp³-hybridized carbons (Fsp3) is 0.300. The molecule has 3 rings (SSSR count). The molecule has 154 valence electrons. The van der Waals surface area contributed by atoms with Crippen molar-refractivity contribution in [2.45, 2.75) is 19.9 Å². The molecule has 1 aliphatic rings. The fourth-order valence-corrected chi connectivity index (χ4v) is 3.73. The van der Waals surface area contributed by atoms with E-state index in [1.54, 1.807) is 43.3 Å². The number of halogens is 1. The summed E-state index contributed by atoms with van der Waals surface area (Å²) in [6.07, 6.45) is 1.11. The van der Waals surface area contributed by atoms with Crippen molar-refractivity contribution >= 4 is 33.2 Å². The highest BCUT2D eigenvalue weighted by atomic mass is 32.2. The number of hydrogen-bond acceptors (Lipinski definition) is 4. The summed E-state index contributed by atoms with van der Waals surface area (Å²) in [4.78, 5) is 26.2. The topological polar surface area (TPSA) is 95.6 Å². The first-order chi connectivity index (χ1) is 13.6. The summed E-state index contributed by atoms with van der Waals surface area (Å²) in [5.74, 6) is -1.45. The first kappa shape index (κ1) is 20.8. The molecule has 1 atom stereocenters. The number of amides is 2. The van der Waals surface area contributed by atoms with E-state index < -0.39 is 21.8 Å². The van der Waals surface area contributed by atoms with Gasteiger partial charge < -0.3 is 10.2 Å². The molecule has 2 amide bonds. The minimum atomic E-state index is -3.39. The van der Waals surface area contributed by atoms with Gasteiger partial charge in [0.2, 0.25) is 21.8 Å². The van der Waals surface area contributed by atoms with Crippen molar-refractivity contribution in [3.63, 3.8) is 0 Å². The zero-order valence-electron chi connectivity index (χ0n) is 16.1. The highest BCUT2D eigenvalue weighted by molar-refractivity contribution is 7.92. The number of benzene rings is 2. The Kier molecular flexibility index (Phi) is 5.88. The van der Waals surface area contributed by atoms with Gasteiger partial charge >= 0.3 is 0 Å². The van der Waals surface area contributed by atoms with E-state index in [2.05, 4.69) is 10.0 Å². The van der Waals surface area contributed by atoms with E-state index in [1.807, 2.05) is 0 Å². The standard InChI is InChI=1S/C20H22FN3O4S/c1-13-6-7-17(10-18(13)21)24-12-15(9-19(24)25)20(26)22-11-14-4-3-5-16(8-14)23-29(2,27)28/h3-8,10,15,23H,9,11-12H2,1-2H3,(H,22,26)/t15-/m0/s1. The van der Waals surface area contributed by atoms with Crippen molar-refractivity contribution in [1.29, 1.82) is 0 Å².